The first-order valence-corrected chi connectivity index (χ1v) is 5.13. The van der Waals surface area contributed by atoms with Gasteiger partial charge in [0.2, 0.25) is 0 Å². The molecule has 0 aromatic heterocycles. The van der Waals surface area contributed by atoms with Gasteiger partial charge in [-0.25, -0.2) is 0 Å². The Kier molecular flexibility index (Phi) is 5.48. The molecular formula is C12H16O3. The number of carbonyl (C=O) groups is 1. The van der Waals surface area contributed by atoms with E-state index in [1.54, 1.807) is 0 Å². The number of rotatable bonds is 6. The summed E-state index contributed by atoms with van der Waals surface area (Å²) in [7, 11) is 0. The molecule has 82 valence electrons. The Morgan fingerprint density at radius 2 is 1.93 bits per heavy atom. The minimum atomic E-state index is -0.209. The van der Waals surface area contributed by atoms with E-state index in [0.717, 1.165) is 12.0 Å². The van der Waals surface area contributed by atoms with Gasteiger partial charge in [-0.1, -0.05) is 30.3 Å². The summed E-state index contributed by atoms with van der Waals surface area (Å²) in [6.07, 6.45) is 1.72. The first kappa shape index (κ1) is 11.7. The molecule has 0 spiro atoms. The van der Waals surface area contributed by atoms with Crippen molar-refractivity contribution < 1.29 is 14.6 Å². The molecule has 0 atom stereocenters. The zero-order valence-corrected chi connectivity index (χ0v) is 8.69. The van der Waals surface area contributed by atoms with Crippen LogP contribution in [0.1, 0.15) is 18.4 Å². The lowest BCUT2D eigenvalue weighted by molar-refractivity contribution is -0.143. The molecule has 3 nitrogen and oxygen atoms in total. The van der Waals surface area contributed by atoms with Crippen LogP contribution in [-0.2, 0) is 16.0 Å². The largest absolute Gasteiger partial charge is 0.465 e. The highest BCUT2D eigenvalue weighted by molar-refractivity contribution is 5.72. The Labute approximate surface area is 89.7 Å². The number of carbonyl (C=O) groups excluding carboxylic acids is 1. The topological polar surface area (TPSA) is 46.5 Å². The molecule has 0 saturated carbocycles. The second-order valence-electron chi connectivity index (χ2n) is 3.31. The van der Waals surface area contributed by atoms with E-state index in [1.165, 1.54) is 0 Å². The molecule has 0 aliphatic rings. The Bertz CT molecular complexity index is 282. The maximum atomic E-state index is 11.3. The number of aliphatic hydroxyl groups excluding tert-OH is 1. The van der Waals surface area contributed by atoms with Gasteiger partial charge in [0, 0.05) is 6.61 Å². The molecule has 0 unspecified atom stereocenters. The van der Waals surface area contributed by atoms with E-state index < -0.39 is 0 Å². The Morgan fingerprint density at radius 1 is 1.20 bits per heavy atom. The second-order valence-corrected chi connectivity index (χ2v) is 3.31. The fourth-order valence-electron chi connectivity index (χ4n) is 1.21. The summed E-state index contributed by atoms with van der Waals surface area (Å²) >= 11 is 0. The molecule has 1 aromatic rings. The third-order valence-corrected chi connectivity index (χ3v) is 2.01. The average molecular weight is 208 g/mol. The van der Waals surface area contributed by atoms with Crippen molar-refractivity contribution in [3.63, 3.8) is 0 Å². The lowest BCUT2D eigenvalue weighted by Gasteiger charge is -2.03. The van der Waals surface area contributed by atoms with Crippen molar-refractivity contribution >= 4 is 5.97 Å². The second kappa shape index (κ2) is 7.01. The van der Waals surface area contributed by atoms with Crippen molar-refractivity contribution in [2.45, 2.75) is 19.3 Å². The quantitative estimate of drug-likeness (QED) is 0.570. The average Bonchev–Trinajstić information content (AvgIpc) is 2.26. The minimum Gasteiger partial charge on any atom is -0.465 e. The standard InChI is InChI=1S/C12H16O3/c13-8-4-5-9-15-12(14)10-11-6-2-1-3-7-11/h1-3,6-7,13H,4-5,8-10H2. The van der Waals surface area contributed by atoms with E-state index >= 15 is 0 Å². The van der Waals surface area contributed by atoms with Crippen LogP contribution in [0.15, 0.2) is 30.3 Å². The van der Waals surface area contributed by atoms with E-state index in [-0.39, 0.29) is 12.6 Å². The van der Waals surface area contributed by atoms with Crippen molar-refractivity contribution in [2.75, 3.05) is 13.2 Å². The fourth-order valence-corrected chi connectivity index (χ4v) is 1.21. The highest BCUT2D eigenvalue weighted by atomic mass is 16.5. The number of ether oxygens (including phenoxy) is 1. The first-order valence-electron chi connectivity index (χ1n) is 5.13. The molecule has 0 aliphatic heterocycles. The molecule has 0 bridgehead atoms. The van der Waals surface area contributed by atoms with E-state index in [2.05, 4.69) is 0 Å². The molecule has 1 aromatic carbocycles. The third kappa shape index (κ3) is 5.18. The van der Waals surface area contributed by atoms with Gasteiger partial charge in [-0.05, 0) is 18.4 Å². The van der Waals surface area contributed by atoms with Crippen molar-refractivity contribution in [2.24, 2.45) is 0 Å². The van der Waals surface area contributed by atoms with Gasteiger partial charge in [0.05, 0.1) is 13.0 Å². The first-order chi connectivity index (χ1) is 7.33. The third-order valence-electron chi connectivity index (χ3n) is 2.01. The summed E-state index contributed by atoms with van der Waals surface area (Å²) in [4.78, 5) is 11.3. The van der Waals surface area contributed by atoms with Crippen LogP contribution in [0.2, 0.25) is 0 Å². The van der Waals surface area contributed by atoms with Gasteiger partial charge in [0.1, 0.15) is 0 Å². The summed E-state index contributed by atoms with van der Waals surface area (Å²) < 4.78 is 5.00. The highest BCUT2D eigenvalue weighted by Gasteiger charge is 2.03. The number of unbranched alkanes of at least 4 members (excludes halogenated alkanes) is 1. The summed E-state index contributed by atoms with van der Waals surface area (Å²) in [5.74, 6) is -0.209. The normalized spacial score (nSPS) is 9.93. The molecule has 3 heteroatoms. The van der Waals surface area contributed by atoms with Gasteiger partial charge in [-0.3, -0.25) is 4.79 Å². The molecule has 0 aliphatic carbocycles. The number of esters is 1. The van der Waals surface area contributed by atoms with Crippen LogP contribution >= 0.6 is 0 Å². The van der Waals surface area contributed by atoms with Crippen LogP contribution in [0.4, 0.5) is 0 Å². The molecule has 15 heavy (non-hydrogen) atoms. The van der Waals surface area contributed by atoms with E-state index in [4.69, 9.17) is 9.84 Å². The van der Waals surface area contributed by atoms with E-state index in [1.807, 2.05) is 30.3 Å². The maximum absolute atomic E-state index is 11.3. The number of hydrogen-bond acceptors (Lipinski definition) is 3. The van der Waals surface area contributed by atoms with Crippen LogP contribution in [-0.4, -0.2) is 24.3 Å². The van der Waals surface area contributed by atoms with Gasteiger partial charge in [-0.15, -0.1) is 0 Å². The Balaban J connectivity index is 2.19. The molecule has 0 heterocycles. The number of benzene rings is 1. The number of hydrogen-bond donors (Lipinski definition) is 1. The fraction of sp³-hybridized carbons (Fsp3) is 0.417. The van der Waals surface area contributed by atoms with Gasteiger partial charge >= 0.3 is 5.97 Å². The van der Waals surface area contributed by atoms with Gasteiger partial charge in [-0.2, -0.15) is 0 Å². The monoisotopic (exact) mass is 208 g/mol. The van der Waals surface area contributed by atoms with Crippen molar-refractivity contribution in [1.82, 2.24) is 0 Å². The predicted octanol–water partition coefficient (Wildman–Crippen LogP) is 1.54. The zero-order valence-electron chi connectivity index (χ0n) is 8.69. The maximum Gasteiger partial charge on any atom is 0.310 e. The van der Waals surface area contributed by atoms with E-state index in [0.29, 0.717) is 19.4 Å². The minimum absolute atomic E-state index is 0.149. The molecule has 0 saturated heterocycles. The Hall–Kier alpha value is -1.35. The smallest absolute Gasteiger partial charge is 0.310 e. The van der Waals surface area contributed by atoms with Crippen LogP contribution in [0.25, 0.3) is 0 Å². The predicted molar refractivity (Wildman–Crippen MR) is 57.4 cm³/mol. The van der Waals surface area contributed by atoms with Gasteiger partial charge in [0.15, 0.2) is 0 Å². The van der Waals surface area contributed by atoms with Crippen molar-refractivity contribution in [3.8, 4) is 0 Å². The number of aliphatic hydroxyl groups is 1. The molecule has 0 amide bonds. The van der Waals surface area contributed by atoms with Gasteiger partial charge < -0.3 is 9.84 Å². The summed E-state index contributed by atoms with van der Waals surface area (Å²) in [5.41, 5.74) is 0.963. The summed E-state index contributed by atoms with van der Waals surface area (Å²) in [5, 5.41) is 8.53. The highest BCUT2D eigenvalue weighted by Crippen LogP contribution is 2.01. The zero-order chi connectivity index (χ0) is 10.9. The van der Waals surface area contributed by atoms with Crippen LogP contribution in [0, 0.1) is 0 Å². The molecule has 1 N–H and O–H groups in total. The lowest BCUT2D eigenvalue weighted by atomic mass is 10.2. The molecule has 0 radical (unpaired) electrons. The van der Waals surface area contributed by atoms with Crippen LogP contribution in [0.5, 0.6) is 0 Å². The van der Waals surface area contributed by atoms with Crippen LogP contribution < -0.4 is 0 Å². The SMILES string of the molecule is O=C(Cc1ccccc1)OCCCCO. The Morgan fingerprint density at radius 3 is 2.60 bits per heavy atom. The van der Waals surface area contributed by atoms with Crippen molar-refractivity contribution in [1.29, 1.82) is 0 Å². The van der Waals surface area contributed by atoms with Crippen LogP contribution in [0.3, 0.4) is 0 Å². The molecule has 1 rings (SSSR count). The summed E-state index contributed by atoms with van der Waals surface area (Å²) in [6, 6.07) is 9.50. The van der Waals surface area contributed by atoms with Gasteiger partial charge in [0.25, 0.3) is 0 Å². The molecular weight excluding hydrogens is 192 g/mol. The summed E-state index contributed by atoms with van der Waals surface area (Å²) in [6.45, 7) is 0.544. The molecule has 0 fully saturated rings. The van der Waals surface area contributed by atoms with Crippen molar-refractivity contribution in [3.05, 3.63) is 35.9 Å². The lowest BCUT2D eigenvalue weighted by Crippen LogP contribution is -2.09. The van der Waals surface area contributed by atoms with E-state index in [9.17, 15) is 4.79 Å².